The van der Waals surface area contributed by atoms with Gasteiger partial charge in [0.25, 0.3) is 5.91 Å². The molecule has 4 rings (SSSR count). The Morgan fingerprint density at radius 2 is 1.76 bits per heavy atom. The number of benzene rings is 3. The molecule has 2 atom stereocenters. The quantitative estimate of drug-likeness (QED) is 0.340. The average Bonchev–Trinajstić information content (AvgIpc) is 3.30. The number of nitrogens with zero attached hydrogens (tertiary/aromatic N) is 1. The number of rotatable bonds is 12. The third kappa shape index (κ3) is 6.61. The highest BCUT2D eigenvalue weighted by molar-refractivity contribution is 6.00. The molecule has 1 aliphatic rings. The van der Waals surface area contributed by atoms with Crippen molar-refractivity contribution in [1.82, 2.24) is 5.32 Å². The summed E-state index contributed by atoms with van der Waals surface area (Å²) >= 11 is 0. The van der Waals surface area contributed by atoms with Crippen molar-refractivity contribution in [1.29, 1.82) is 0 Å². The molecule has 0 aliphatic carbocycles. The monoisotopic (exact) mass is 514 g/mol. The molecule has 0 saturated heterocycles. The van der Waals surface area contributed by atoms with Crippen LogP contribution in [0.4, 0.5) is 0 Å². The Morgan fingerprint density at radius 3 is 2.45 bits per heavy atom. The largest absolute Gasteiger partial charge is 0.497 e. The van der Waals surface area contributed by atoms with Crippen molar-refractivity contribution in [3.63, 3.8) is 0 Å². The number of methoxy groups -OCH3 is 1. The van der Waals surface area contributed by atoms with Crippen molar-refractivity contribution in [3.05, 3.63) is 102 Å². The van der Waals surface area contributed by atoms with E-state index in [1.54, 1.807) is 7.11 Å². The smallest absolute Gasteiger partial charge is 0.252 e. The Hall–Kier alpha value is -4.10. The summed E-state index contributed by atoms with van der Waals surface area (Å²) in [5.74, 6) is 1.69. The molecule has 198 valence electrons. The van der Waals surface area contributed by atoms with Gasteiger partial charge < -0.3 is 24.6 Å². The number of aliphatic hydroxyl groups excluding tert-OH is 1. The molecule has 1 aliphatic heterocycles. The van der Waals surface area contributed by atoms with Crippen molar-refractivity contribution in [2.45, 2.75) is 38.0 Å². The number of aliphatic hydroxyl groups is 1. The van der Waals surface area contributed by atoms with E-state index in [-0.39, 0.29) is 12.5 Å². The van der Waals surface area contributed by atoms with Crippen molar-refractivity contribution >= 4 is 17.9 Å². The van der Waals surface area contributed by atoms with Crippen LogP contribution in [0.5, 0.6) is 11.5 Å². The van der Waals surface area contributed by atoms with Crippen LogP contribution in [0.3, 0.4) is 0 Å². The fourth-order valence-corrected chi connectivity index (χ4v) is 4.20. The van der Waals surface area contributed by atoms with Crippen LogP contribution in [-0.2, 0) is 16.1 Å². The number of amides is 1. The van der Waals surface area contributed by atoms with Crippen LogP contribution >= 0.6 is 0 Å². The van der Waals surface area contributed by atoms with E-state index in [2.05, 4.69) is 5.32 Å². The van der Waals surface area contributed by atoms with Gasteiger partial charge in [-0.3, -0.25) is 4.79 Å². The lowest BCUT2D eigenvalue weighted by Gasteiger charge is -2.27. The van der Waals surface area contributed by atoms with Crippen molar-refractivity contribution in [2.75, 3.05) is 20.3 Å². The number of nitrogens with one attached hydrogen (secondary N) is 1. The molecule has 7 heteroatoms. The Balaban J connectivity index is 1.55. The molecule has 0 spiro atoms. The Kier molecular flexibility index (Phi) is 9.16. The number of hydrogen-bond acceptors (Lipinski definition) is 6. The van der Waals surface area contributed by atoms with Gasteiger partial charge >= 0.3 is 0 Å². The minimum Gasteiger partial charge on any atom is -0.497 e. The van der Waals surface area contributed by atoms with Crippen LogP contribution in [-0.4, -0.2) is 48.9 Å². The minimum atomic E-state index is -1.12. The van der Waals surface area contributed by atoms with Crippen LogP contribution in [0, 0.1) is 0 Å². The molecular formula is C31H34N2O5. The second-order valence-electron chi connectivity index (χ2n) is 9.10. The fourth-order valence-electron chi connectivity index (χ4n) is 4.20. The molecule has 1 amide bonds. The van der Waals surface area contributed by atoms with Gasteiger partial charge in [0.1, 0.15) is 17.6 Å². The first-order valence-corrected chi connectivity index (χ1v) is 12.8. The second-order valence-corrected chi connectivity index (χ2v) is 9.10. The van der Waals surface area contributed by atoms with Crippen molar-refractivity contribution in [3.8, 4) is 11.5 Å². The summed E-state index contributed by atoms with van der Waals surface area (Å²) < 4.78 is 17.0. The molecule has 0 radical (unpaired) electrons. The lowest BCUT2D eigenvalue weighted by molar-refractivity contribution is -0.128. The van der Waals surface area contributed by atoms with E-state index >= 15 is 0 Å². The Bertz CT molecular complexity index is 1240. The van der Waals surface area contributed by atoms with E-state index in [1.165, 1.54) is 0 Å². The van der Waals surface area contributed by atoms with Gasteiger partial charge in [-0.2, -0.15) is 0 Å². The van der Waals surface area contributed by atoms with Gasteiger partial charge in [-0.05, 0) is 54.4 Å². The minimum absolute atomic E-state index is 0.0853. The van der Waals surface area contributed by atoms with Gasteiger partial charge in [0, 0.05) is 31.6 Å². The molecule has 3 aromatic carbocycles. The average molecular weight is 515 g/mol. The summed E-state index contributed by atoms with van der Waals surface area (Å²) in [4.78, 5) is 18.6. The maximum Gasteiger partial charge on any atom is 0.252 e. The summed E-state index contributed by atoms with van der Waals surface area (Å²) in [6.45, 7) is 2.77. The van der Waals surface area contributed by atoms with Gasteiger partial charge in [-0.25, -0.2) is 4.99 Å². The standard InChI is InChI=1S/C31H34N2O5/c1-23-31(19-6-10-24-8-4-3-5-9-24,30(35)32-22-25-11-15-27(36-2)16-12-25)33-29(38-23)26-13-17-28(18-14-26)37-21-7-20-34/h3-6,8-18,23,34H,7,19-22H2,1-2H3,(H,32,35)/b10-6+/t23-,31-/m1/s1. The van der Waals surface area contributed by atoms with E-state index < -0.39 is 11.6 Å². The van der Waals surface area contributed by atoms with Gasteiger partial charge in [-0.1, -0.05) is 54.6 Å². The first-order chi connectivity index (χ1) is 18.5. The molecule has 2 N–H and O–H groups in total. The highest BCUT2D eigenvalue weighted by Gasteiger charge is 2.49. The molecule has 0 unspecified atom stereocenters. The topological polar surface area (TPSA) is 89.4 Å². The number of carbonyl (C=O) groups is 1. The molecule has 0 fully saturated rings. The molecular weight excluding hydrogens is 480 g/mol. The summed E-state index contributed by atoms with van der Waals surface area (Å²) in [5, 5.41) is 12.0. The zero-order chi connectivity index (χ0) is 26.8. The fraction of sp³-hybridized carbons (Fsp3) is 0.290. The van der Waals surface area contributed by atoms with E-state index in [1.807, 2.05) is 97.9 Å². The number of aliphatic imine (C=N–C) groups is 1. The van der Waals surface area contributed by atoms with E-state index in [9.17, 15) is 4.79 Å². The summed E-state index contributed by atoms with van der Waals surface area (Å²) in [5.41, 5.74) is 1.65. The second kappa shape index (κ2) is 12.9. The molecule has 0 aromatic heterocycles. The zero-order valence-electron chi connectivity index (χ0n) is 21.8. The molecule has 0 saturated carbocycles. The number of carbonyl (C=O) groups excluding carboxylic acids is 1. The third-order valence-corrected chi connectivity index (χ3v) is 6.48. The molecule has 1 heterocycles. The summed E-state index contributed by atoms with van der Waals surface area (Å²) in [6, 6.07) is 24.9. The summed E-state index contributed by atoms with van der Waals surface area (Å²) in [7, 11) is 1.62. The van der Waals surface area contributed by atoms with Crippen LogP contribution in [0.15, 0.2) is 89.9 Å². The number of ether oxygens (including phenoxy) is 3. The SMILES string of the molecule is COc1ccc(CNC(=O)[C@]2(C/C=C/c3ccccc3)N=C(c3ccc(OCCCO)cc3)O[C@@H]2C)cc1. The first kappa shape index (κ1) is 26.9. The predicted octanol–water partition coefficient (Wildman–Crippen LogP) is 4.78. The van der Waals surface area contributed by atoms with Crippen molar-refractivity contribution in [2.24, 2.45) is 4.99 Å². The van der Waals surface area contributed by atoms with Crippen LogP contribution < -0.4 is 14.8 Å². The van der Waals surface area contributed by atoms with Gasteiger partial charge in [0.15, 0.2) is 5.54 Å². The van der Waals surface area contributed by atoms with E-state index in [0.717, 1.165) is 22.4 Å². The zero-order valence-corrected chi connectivity index (χ0v) is 21.8. The molecule has 3 aromatic rings. The Morgan fingerprint density at radius 1 is 1.05 bits per heavy atom. The first-order valence-electron chi connectivity index (χ1n) is 12.8. The predicted molar refractivity (Wildman–Crippen MR) is 148 cm³/mol. The van der Waals surface area contributed by atoms with Gasteiger partial charge in [0.05, 0.1) is 13.7 Å². The van der Waals surface area contributed by atoms with Crippen LogP contribution in [0.25, 0.3) is 6.08 Å². The maximum atomic E-state index is 13.7. The number of hydrogen-bond donors (Lipinski definition) is 2. The maximum absolute atomic E-state index is 13.7. The summed E-state index contributed by atoms with van der Waals surface area (Å²) in [6.07, 6.45) is 4.45. The van der Waals surface area contributed by atoms with Crippen molar-refractivity contribution < 1.29 is 24.1 Å². The van der Waals surface area contributed by atoms with Gasteiger partial charge in [0.2, 0.25) is 5.90 Å². The highest BCUT2D eigenvalue weighted by Crippen LogP contribution is 2.33. The lowest BCUT2D eigenvalue weighted by atomic mass is 9.88. The highest BCUT2D eigenvalue weighted by atomic mass is 16.5. The third-order valence-electron chi connectivity index (χ3n) is 6.48. The molecule has 7 nitrogen and oxygen atoms in total. The lowest BCUT2D eigenvalue weighted by Crippen LogP contribution is -2.50. The molecule has 38 heavy (non-hydrogen) atoms. The Labute approximate surface area is 223 Å². The molecule has 0 bridgehead atoms. The van der Waals surface area contributed by atoms with Gasteiger partial charge in [-0.15, -0.1) is 0 Å². The van der Waals surface area contributed by atoms with E-state index in [4.69, 9.17) is 24.3 Å². The normalized spacial score (nSPS) is 18.6. The van der Waals surface area contributed by atoms with Crippen LogP contribution in [0.1, 0.15) is 36.5 Å². The van der Waals surface area contributed by atoms with E-state index in [0.29, 0.717) is 37.6 Å². The van der Waals surface area contributed by atoms with Crippen LogP contribution in [0.2, 0.25) is 0 Å².